The molecule has 0 aromatic heterocycles. The number of rotatable bonds is 10. The first kappa shape index (κ1) is 48.2. The molecule has 7 aliphatic carbocycles. The number of benzene rings is 2. The summed E-state index contributed by atoms with van der Waals surface area (Å²) in [5, 5.41) is 42.9. The molecule has 11 rings (SSSR count). The molecule has 1 spiro atoms. The van der Waals surface area contributed by atoms with Crippen LogP contribution in [0.1, 0.15) is 185 Å². The molecule has 0 radical (unpaired) electrons. The van der Waals surface area contributed by atoms with Crippen molar-refractivity contribution in [3.8, 4) is 5.75 Å². The van der Waals surface area contributed by atoms with Gasteiger partial charge in [-0.1, -0.05) is 83.1 Å². The Morgan fingerprint density at radius 1 is 0.884 bits per heavy atom. The van der Waals surface area contributed by atoms with Gasteiger partial charge in [0.1, 0.15) is 17.6 Å². The van der Waals surface area contributed by atoms with Gasteiger partial charge < -0.3 is 36.4 Å². The monoisotopic (exact) mass is 944 g/mol. The minimum atomic E-state index is -0.857. The maximum absolute atomic E-state index is 15.9. The summed E-state index contributed by atoms with van der Waals surface area (Å²) in [6.45, 7) is 12.4. The third-order valence-corrected chi connectivity index (χ3v) is 22.3. The first-order valence-corrected chi connectivity index (χ1v) is 27.9. The summed E-state index contributed by atoms with van der Waals surface area (Å²) in [5.74, 6) is 1.92. The summed E-state index contributed by atoms with van der Waals surface area (Å²) in [7, 11) is 1.93. The van der Waals surface area contributed by atoms with Gasteiger partial charge in [0.25, 0.3) is 0 Å². The molecule has 0 bridgehead atoms. The van der Waals surface area contributed by atoms with E-state index in [-0.39, 0.29) is 57.8 Å². The van der Waals surface area contributed by atoms with Gasteiger partial charge in [-0.2, -0.15) is 0 Å². The van der Waals surface area contributed by atoms with E-state index in [0.717, 1.165) is 106 Å². The van der Waals surface area contributed by atoms with E-state index < -0.39 is 22.7 Å². The number of hydrogen-bond acceptors (Lipinski definition) is 9. The number of phenolic OH excluding ortho intramolecular Hbond substituents is 1. The largest absolute Gasteiger partial charge is 0.508 e. The van der Waals surface area contributed by atoms with Crippen LogP contribution in [0.3, 0.4) is 0 Å². The van der Waals surface area contributed by atoms with E-state index in [4.69, 9.17) is 10.5 Å². The molecule has 9 heteroatoms. The highest BCUT2D eigenvalue weighted by Crippen LogP contribution is 2.81. The average molecular weight is 944 g/mol. The van der Waals surface area contributed by atoms with Crippen molar-refractivity contribution in [3.05, 3.63) is 70.3 Å². The minimum absolute atomic E-state index is 0.00936. The number of hydrogen-bond donors (Lipinski definition) is 6. The number of aliphatic hydroxyl groups excluding tert-OH is 1. The molecular formula is C60H85N3O6. The number of nitrogens with one attached hydrogen (secondary N) is 2. The Hall–Kier alpha value is -3.08. The Kier molecular flexibility index (Phi) is 12.1. The molecule has 69 heavy (non-hydrogen) atoms. The Morgan fingerprint density at radius 2 is 1.67 bits per heavy atom. The van der Waals surface area contributed by atoms with Crippen molar-refractivity contribution in [2.75, 3.05) is 19.3 Å². The number of aliphatic hydroxyl groups is 2. The van der Waals surface area contributed by atoms with Crippen LogP contribution < -0.4 is 16.4 Å². The summed E-state index contributed by atoms with van der Waals surface area (Å²) in [6, 6.07) is 14.3. The van der Waals surface area contributed by atoms with Crippen molar-refractivity contribution in [1.29, 1.82) is 0 Å². The van der Waals surface area contributed by atoms with Crippen molar-refractivity contribution in [2.24, 2.45) is 57.2 Å². The molecule has 7 N–H and O–H groups in total. The molecule has 0 unspecified atom stereocenters. The lowest BCUT2D eigenvalue weighted by Crippen LogP contribution is -2.74. The first-order valence-electron chi connectivity index (χ1n) is 27.9. The highest BCUT2D eigenvalue weighted by atomic mass is 16.6. The molecule has 2 heterocycles. The number of ketones is 2. The van der Waals surface area contributed by atoms with Gasteiger partial charge in [0, 0.05) is 47.5 Å². The maximum Gasteiger partial charge on any atom is 0.163 e. The van der Waals surface area contributed by atoms with E-state index >= 15 is 9.59 Å². The van der Waals surface area contributed by atoms with Crippen molar-refractivity contribution >= 4 is 17.3 Å². The SMILES string of the molecule is CNCc1cc(O)cc([C@@H]2C[C@@]3(C4CCCC4)[C@H]4CCC5=C([C@H](C)C[C@@H](O)[C@H]6O[C@]6(C)[C@H]6CCC[C@H]6c6cccc(N)c6)C(=O)[C@@H]6CCC[C@@]4(C[C@@H]4NC[C@](C)(O)CCCC[C@@](C)(C2=O)[C@H]43)[C@]56C)c1. The molecule has 2 saturated heterocycles. The molecule has 2 aromatic rings. The zero-order valence-electron chi connectivity index (χ0n) is 42.9. The Bertz CT molecular complexity index is 2370. The standard InChI is InChI=1S/C60H85N3O6/c1-35(26-48(65)54-58(5,69-54)44-19-12-18-42(44)37-14-11-17-40(61)29-37)50-45-21-22-49-59(25-13-20-46(51(50)66)57(45,59)4)32-47-52-56(3,24-10-9-23-55(2,68)34-63-47)53(67)43(31-60(49,52)39-15-7-8-16-39)38-27-36(33-62-6)28-41(64)30-38/h11,14,17,27-30,35,39,42-44,46-49,52,54,62-65,68H,7-10,12-13,15-16,18-26,31-34,61H2,1-6H3/t35-,42+,43+,44+,46+,47+,48-,49+,52+,54-,55-,56-,57-,58-,59+,60-/m1/s1. The van der Waals surface area contributed by atoms with Crippen molar-refractivity contribution in [1.82, 2.24) is 10.6 Å². The minimum Gasteiger partial charge on any atom is -0.508 e. The average Bonchev–Trinajstić information content (AvgIpc) is 3.71. The summed E-state index contributed by atoms with van der Waals surface area (Å²) in [6.07, 6.45) is 17.5. The Labute approximate surface area is 413 Å². The van der Waals surface area contributed by atoms with E-state index in [1.165, 1.54) is 36.8 Å². The fourth-order valence-electron chi connectivity index (χ4n) is 19.7. The van der Waals surface area contributed by atoms with Crippen molar-refractivity contribution in [3.63, 3.8) is 0 Å². The predicted molar refractivity (Wildman–Crippen MR) is 271 cm³/mol. The number of fused-ring (bicyclic) bond motifs is 1. The van der Waals surface area contributed by atoms with E-state index in [1.807, 2.05) is 32.2 Å². The summed E-state index contributed by atoms with van der Waals surface area (Å²) in [4.78, 5) is 31.5. The number of carbonyl (C=O) groups excluding carboxylic acids is 2. The van der Waals surface area contributed by atoms with E-state index in [0.29, 0.717) is 61.2 Å². The van der Waals surface area contributed by atoms with Gasteiger partial charge in [-0.05, 0) is 197 Å². The quantitative estimate of drug-likeness (QED) is 0.101. The number of allylic oxidation sites excluding steroid dienone is 2. The summed E-state index contributed by atoms with van der Waals surface area (Å²) >= 11 is 0. The second-order valence-corrected chi connectivity index (χ2v) is 25.9. The number of nitrogens with two attached hydrogens (primary N) is 1. The lowest BCUT2D eigenvalue weighted by molar-refractivity contribution is -0.241. The molecule has 9 aliphatic rings. The molecule has 8 fully saturated rings. The smallest absolute Gasteiger partial charge is 0.163 e. The zero-order chi connectivity index (χ0) is 48.5. The predicted octanol–water partition coefficient (Wildman–Crippen LogP) is 10.4. The van der Waals surface area contributed by atoms with Crippen LogP contribution in [0.15, 0.2) is 53.6 Å². The van der Waals surface area contributed by atoms with Crippen LogP contribution >= 0.6 is 0 Å². The molecule has 376 valence electrons. The number of epoxide rings is 1. The Morgan fingerprint density at radius 3 is 2.43 bits per heavy atom. The fourth-order valence-corrected chi connectivity index (χ4v) is 19.7. The van der Waals surface area contributed by atoms with Crippen LogP contribution in [-0.2, 0) is 20.9 Å². The molecule has 2 aromatic carbocycles. The number of aromatic hydroxyl groups is 1. The number of nitrogen functional groups attached to an aromatic ring is 1. The van der Waals surface area contributed by atoms with Crippen LogP contribution in [0, 0.1) is 57.2 Å². The van der Waals surface area contributed by atoms with Gasteiger partial charge in [0.15, 0.2) is 5.78 Å². The second kappa shape index (κ2) is 17.3. The molecular weight excluding hydrogens is 859 g/mol. The van der Waals surface area contributed by atoms with Gasteiger partial charge in [0.2, 0.25) is 0 Å². The number of Topliss-reactive ketones (excluding diaryl/α,β-unsaturated/α-hetero) is 2. The van der Waals surface area contributed by atoms with Crippen LogP contribution in [-0.4, -0.2) is 69.9 Å². The van der Waals surface area contributed by atoms with Gasteiger partial charge >= 0.3 is 0 Å². The van der Waals surface area contributed by atoms with Crippen LogP contribution in [0.2, 0.25) is 0 Å². The molecule has 6 saturated carbocycles. The summed E-state index contributed by atoms with van der Waals surface area (Å²) < 4.78 is 6.62. The third kappa shape index (κ3) is 7.28. The number of β-amino-alcohol motifs (C(OH)–C–C–N with tert-alkyl or cyclic N) is 1. The summed E-state index contributed by atoms with van der Waals surface area (Å²) in [5.41, 5.74) is 10.1. The number of phenols is 1. The number of carbonyl (C=O) groups is 2. The lowest BCUT2D eigenvalue weighted by Gasteiger charge is -2.75. The van der Waals surface area contributed by atoms with Crippen LogP contribution in [0.25, 0.3) is 0 Å². The van der Waals surface area contributed by atoms with Gasteiger partial charge in [-0.3, -0.25) is 9.59 Å². The topological polar surface area (TPSA) is 157 Å². The highest BCUT2D eigenvalue weighted by molar-refractivity contribution is 6.03. The number of ether oxygens (including phenoxy) is 1. The zero-order valence-corrected chi connectivity index (χ0v) is 42.9. The fraction of sp³-hybridized carbons (Fsp3) is 0.733. The molecule has 0 amide bonds. The normalized spacial score (nSPS) is 44.1. The molecule has 16 atom stereocenters. The third-order valence-electron chi connectivity index (χ3n) is 22.3. The second-order valence-electron chi connectivity index (χ2n) is 25.9. The molecule has 9 nitrogen and oxygen atoms in total. The Balaban J connectivity index is 0.990. The molecule has 2 aliphatic heterocycles. The first-order chi connectivity index (χ1) is 32.9. The van der Waals surface area contributed by atoms with Crippen LogP contribution in [0.5, 0.6) is 5.75 Å². The van der Waals surface area contributed by atoms with Crippen molar-refractivity contribution < 1.29 is 29.6 Å². The van der Waals surface area contributed by atoms with Crippen molar-refractivity contribution in [2.45, 2.75) is 204 Å². The van der Waals surface area contributed by atoms with Crippen LogP contribution in [0.4, 0.5) is 5.69 Å². The van der Waals surface area contributed by atoms with Gasteiger partial charge in [-0.25, -0.2) is 0 Å². The van der Waals surface area contributed by atoms with Gasteiger partial charge in [0.05, 0.1) is 17.3 Å². The lowest BCUT2D eigenvalue weighted by atomic mass is 9.29. The maximum atomic E-state index is 15.9. The number of anilines is 1. The van der Waals surface area contributed by atoms with E-state index in [1.54, 1.807) is 0 Å². The van der Waals surface area contributed by atoms with Gasteiger partial charge in [-0.15, -0.1) is 0 Å². The van der Waals surface area contributed by atoms with E-state index in [2.05, 4.69) is 62.6 Å². The highest BCUT2D eigenvalue weighted by Gasteiger charge is 2.77. The van der Waals surface area contributed by atoms with E-state index in [9.17, 15) is 15.3 Å².